The molecule has 1 saturated heterocycles. The van der Waals surface area contributed by atoms with Crippen LogP contribution in [0.5, 0.6) is 0 Å². The molecule has 2 rings (SSSR count). The molecule has 0 aromatic rings. The highest BCUT2D eigenvalue weighted by molar-refractivity contribution is 14.0. The minimum absolute atomic E-state index is 0. The standard InChI is InChI=1S/C21H42N4O4S.HI/c1-3-22-21(23-13-12-20(28-4-2)18-9-5-6-10-18)24-14-16-30(26,27)25-17-19-11-7-8-15-29-19;/h18-20,25H,3-17H2,1-2H3,(H2,22,23,24);1H. The van der Waals surface area contributed by atoms with Crippen molar-refractivity contribution in [2.24, 2.45) is 10.9 Å². The molecule has 0 amide bonds. The molecule has 2 aliphatic rings. The quantitative estimate of drug-likeness (QED) is 0.178. The van der Waals surface area contributed by atoms with Crippen LogP contribution in [0.15, 0.2) is 4.99 Å². The molecule has 1 aliphatic carbocycles. The second-order valence-electron chi connectivity index (χ2n) is 8.17. The van der Waals surface area contributed by atoms with Crippen molar-refractivity contribution in [2.75, 3.05) is 45.1 Å². The van der Waals surface area contributed by atoms with E-state index in [9.17, 15) is 8.42 Å². The molecule has 8 nitrogen and oxygen atoms in total. The van der Waals surface area contributed by atoms with Gasteiger partial charge in [-0.2, -0.15) is 0 Å². The molecule has 0 radical (unpaired) electrons. The van der Waals surface area contributed by atoms with Crippen LogP contribution < -0.4 is 15.4 Å². The zero-order chi connectivity index (χ0) is 21.7. The van der Waals surface area contributed by atoms with Gasteiger partial charge >= 0.3 is 0 Å². The fraction of sp³-hybridized carbons (Fsp3) is 0.952. The highest BCUT2D eigenvalue weighted by Gasteiger charge is 2.25. The van der Waals surface area contributed by atoms with Crippen molar-refractivity contribution in [3.05, 3.63) is 0 Å². The van der Waals surface area contributed by atoms with E-state index in [0.717, 1.165) is 45.4 Å². The van der Waals surface area contributed by atoms with E-state index >= 15 is 0 Å². The van der Waals surface area contributed by atoms with Crippen LogP contribution >= 0.6 is 24.0 Å². The van der Waals surface area contributed by atoms with Crippen LogP contribution in [0, 0.1) is 5.92 Å². The van der Waals surface area contributed by atoms with Crippen molar-refractivity contribution in [2.45, 2.75) is 77.4 Å². The summed E-state index contributed by atoms with van der Waals surface area (Å²) in [5.41, 5.74) is 0. The van der Waals surface area contributed by atoms with Crippen molar-refractivity contribution in [1.82, 2.24) is 15.4 Å². The maximum atomic E-state index is 12.3. The Kier molecular flexibility index (Phi) is 15.3. The number of nitrogens with zero attached hydrogens (tertiary/aromatic N) is 1. The fourth-order valence-electron chi connectivity index (χ4n) is 4.21. The summed E-state index contributed by atoms with van der Waals surface area (Å²) in [6.07, 6.45) is 9.36. The molecule has 2 atom stereocenters. The average molecular weight is 575 g/mol. The summed E-state index contributed by atoms with van der Waals surface area (Å²) in [5, 5.41) is 6.33. The maximum Gasteiger partial charge on any atom is 0.213 e. The summed E-state index contributed by atoms with van der Waals surface area (Å²) in [7, 11) is -3.34. The van der Waals surface area contributed by atoms with E-state index in [-0.39, 0.29) is 41.9 Å². The lowest BCUT2D eigenvalue weighted by atomic mass is 9.98. The molecular formula is C21H43IN4O4S. The van der Waals surface area contributed by atoms with Gasteiger partial charge in [0.15, 0.2) is 5.96 Å². The van der Waals surface area contributed by atoms with Crippen molar-refractivity contribution in [3.63, 3.8) is 0 Å². The summed E-state index contributed by atoms with van der Waals surface area (Å²) >= 11 is 0. The third-order valence-corrected chi connectivity index (χ3v) is 7.15. The zero-order valence-electron chi connectivity index (χ0n) is 19.2. The van der Waals surface area contributed by atoms with Gasteiger partial charge < -0.3 is 20.1 Å². The first-order valence-corrected chi connectivity index (χ1v) is 13.4. The second-order valence-corrected chi connectivity index (χ2v) is 10.1. The lowest BCUT2D eigenvalue weighted by Gasteiger charge is -2.23. The van der Waals surface area contributed by atoms with E-state index in [0.29, 0.717) is 31.5 Å². The van der Waals surface area contributed by atoms with E-state index in [1.165, 1.54) is 25.7 Å². The Morgan fingerprint density at radius 1 is 1.13 bits per heavy atom. The number of rotatable bonds is 13. The van der Waals surface area contributed by atoms with Crippen molar-refractivity contribution in [1.29, 1.82) is 0 Å². The number of hydrogen-bond acceptors (Lipinski definition) is 5. The van der Waals surface area contributed by atoms with Gasteiger partial charge in [0.2, 0.25) is 10.0 Å². The molecule has 0 bridgehead atoms. The highest BCUT2D eigenvalue weighted by Crippen LogP contribution is 2.30. The van der Waals surface area contributed by atoms with Gasteiger partial charge in [-0.15, -0.1) is 24.0 Å². The van der Waals surface area contributed by atoms with Crippen LogP contribution in [0.3, 0.4) is 0 Å². The molecule has 184 valence electrons. The van der Waals surface area contributed by atoms with Crippen LogP contribution in [-0.2, 0) is 19.5 Å². The first-order chi connectivity index (χ1) is 14.5. The molecule has 0 spiro atoms. The molecule has 1 aliphatic heterocycles. The Balaban J connectivity index is 0.00000480. The number of guanidine groups is 1. The molecule has 31 heavy (non-hydrogen) atoms. The lowest BCUT2D eigenvalue weighted by molar-refractivity contribution is 0.0177. The fourth-order valence-corrected chi connectivity index (χ4v) is 5.16. The predicted molar refractivity (Wildman–Crippen MR) is 137 cm³/mol. The number of sulfonamides is 1. The van der Waals surface area contributed by atoms with Gasteiger partial charge in [0, 0.05) is 39.4 Å². The van der Waals surface area contributed by atoms with E-state index < -0.39 is 10.0 Å². The number of aliphatic imine (C=N–C) groups is 1. The number of hydrogen-bond donors (Lipinski definition) is 3. The number of ether oxygens (including phenoxy) is 2. The normalized spacial score (nSPS) is 21.5. The van der Waals surface area contributed by atoms with Gasteiger partial charge in [0.25, 0.3) is 0 Å². The van der Waals surface area contributed by atoms with Gasteiger partial charge in [-0.1, -0.05) is 12.8 Å². The summed E-state index contributed by atoms with van der Waals surface area (Å²) in [6, 6.07) is 0. The Bertz CT molecular complexity index is 594. The minimum Gasteiger partial charge on any atom is -0.378 e. The molecule has 1 heterocycles. The monoisotopic (exact) mass is 574 g/mol. The third kappa shape index (κ3) is 12.0. The second kappa shape index (κ2) is 16.4. The highest BCUT2D eigenvalue weighted by atomic mass is 127. The average Bonchev–Trinajstić information content (AvgIpc) is 3.27. The third-order valence-electron chi connectivity index (χ3n) is 5.80. The van der Waals surface area contributed by atoms with Gasteiger partial charge in [0.05, 0.1) is 18.0 Å². The van der Waals surface area contributed by atoms with E-state index in [1.54, 1.807) is 0 Å². The largest absolute Gasteiger partial charge is 0.378 e. The van der Waals surface area contributed by atoms with Crippen LogP contribution in [0.4, 0.5) is 0 Å². The zero-order valence-corrected chi connectivity index (χ0v) is 22.4. The van der Waals surface area contributed by atoms with Crippen molar-refractivity contribution < 1.29 is 17.9 Å². The predicted octanol–water partition coefficient (Wildman–Crippen LogP) is 2.63. The first-order valence-electron chi connectivity index (χ1n) is 11.8. The van der Waals surface area contributed by atoms with Gasteiger partial charge in [-0.3, -0.25) is 4.99 Å². The molecule has 3 N–H and O–H groups in total. The smallest absolute Gasteiger partial charge is 0.213 e. The van der Waals surface area contributed by atoms with Gasteiger partial charge in [0.1, 0.15) is 0 Å². The Morgan fingerprint density at radius 3 is 2.52 bits per heavy atom. The van der Waals surface area contributed by atoms with Crippen molar-refractivity contribution in [3.8, 4) is 0 Å². The SMILES string of the molecule is CCNC(=NCCC(OCC)C1CCCC1)NCCS(=O)(=O)NCC1CCCCO1.I. The van der Waals surface area contributed by atoms with E-state index in [2.05, 4.69) is 20.3 Å². The molecule has 2 unspecified atom stereocenters. The maximum absolute atomic E-state index is 12.3. The first kappa shape index (κ1) is 28.9. The minimum atomic E-state index is -3.34. The summed E-state index contributed by atoms with van der Waals surface area (Å²) in [4.78, 5) is 4.63. The van der Waals surface area contributed by atoms with Gasteiger partial charge in [-0.05, 0) is 58.3 Å². The Labute approximate surface area is 206 Å². The van der Waals surface area contributed by atoms with Crippen LogP contribution in [0.2, 0.25) is 0 Å². The number of nitrogens with one attached hydrogen (secondary N) is 3. The lowest BCUT2D eigenvalue weighted by Crippen LogP contribution is -2.42. The molecule has 0 aromatic heterocycles. The summed E-state index contributed by atoms with van der Waals surface area (Å²) < 4.78 is 38.7. The van der Waals surface area contributed by atoms with Gasteiger partial charge in [-0.25, -0.2) is 13.1 Å². The van der Waals surface area contributed by atoms with Crippen LogP contribution in [-0.4, -0.2) is 71.7 Å². The summed E-state index contributed by atoms with van der Waals surface area (Å²) in [5.74, 6) is 1.32. The molecular weight excluding hydrogens is 531 g/mol. The van der Waals surface area contributed by atoms with Crippen LogP contribution in [0.1, 0.15) is 65.2 Å². The van der Waals surface area contributed by atoms with Crippen molar-refractivity contribution >= 4 is 40.0 Å². The van der Waals surface area contributed by atoms with Crippen LogP contribution in [0.25, 0.3) is 0 Å². The van der Waals surface area contributed by atoms with E-state index in [4.69, 9.17) is 9.47 Å². The molecule has 1 saturated carbocycles. The van der Waals surface area contributed by atoms with E-state index in [1.807, 2.05) is 13.8 Å². The Hall–Kier alpha value is -0.170. The summed E-state index contributed by atoms with van der Waals surface area (Å²) in [6.45, 7) is 7.57. The Morgan fingerprint density at radius 2 is 1.87 bits per heavy atom. The topological polar surface area (TPSA) is 101 Å². The molecule has 10 heteroatoms. The number of halogens is 1. The molecule has 2 fully saturated rings. The molecule has 0 aromatic carbocycles.